The summed E-state index contributed by atoms with van der Waals surface area (Å²) in [6.07, 6.45) is 0.193. The minimum atomic E-state index is -0.489. The molecule has 1 atom stereocenters. The average Bonchev–Trinajstić information content (AvgIpc) is 2.03. The number of primary amides is 1. The first-order chi connectivity index (χ1) is 5.66. The Hall–Kier alpha value is -0.810. The number of ether oxygens (including phenoxy) is 1. The highest BCUT2D eigenvalue weighted by atomic mass is 16.5. The molecule has 0 aromatic carbocycles. The Balaban J connectivity index is 3.05. The van der Waals surface area contributed by atoms with Crippen molar-refractivity contribution in [2.24, 2.45) is 5.73 Å². The lowest BCUT2D eigenvalue weighted by molar-refractivity contribution is 0.117. The van der Waals surface area contributed by atoms with E-state index in [4.69, 9.17) is 10.5 Å². The van der Waals surface area contributed by atoms with Crippen molar-refractivity contribution < 1.29 is 9.53 Å². The zero-order valence-corrected chi connectivity index (χ0v) is 7.59. The highest BCUT2D eigenvalue weighted by Crippen LogP contribution is 1.81. The molecule has 0 bridgehead atoms. The largest absolute Gasteiger partial charge is 0.380 e. The van der Waals surface area contributed by atoms with Crippen molar-refractivity contribution in [1.29, 1.82) is 0 Å². The van der Waals surface area contributed by atoms with Crippen LogP contribution in [-0.2, 0) is 4.74 Å². The fourth-order valence-corrected chi connectivity index (χ4v) is 0.663. The predicted molar refractivity (Wildman–Crippen MR) is 46.9 cm³/mol. The van der Waals surface area contributed by atoms with Crippen molar-refractivity contribution in [2.75, 3.05) is 26.7 Å². The van der Waals surface area contributed by atoms with Crippen LogP contribution in [0, 0.1) is 0 Å². The highest BCUT2D eigenvalue weighted by molar-refractivity contribution is 5.71. The van der Waals surface area contributed by atoms with E-state index in [0.717, 1.165) is 6.54 Å². The lowest BCUT2D eigenvalue weighted by Crippen LogP contribution is -2.37. The van der Waals surface area contributed by atoms with Gasteiger partial charge in [-0.2, -0.15) is 0 Å². The zero-order chi connectivity index (χ0) is 9.40. The molecule has 0 aliphatic rings. The Bertz CT molecular complexity index is 130. The smallest absolute Gasteiger partial charge is 0.312 e. The van der Waals surface area contributed by atoms with Crippen LogP contribution in [0.5, 0.6) is 0 Å². The van der Waals surface area contributed by atoms with E-state index in [-0.39, 0.29) is 6.10 Å². The van der Waals surface area contributed by atoms with Gasteiger partial charge in [0.1, 0.15) is 0 Å². The van der Waals surface area contributed by atoms with Crippen molar-refractivity contribution in [3.63, 3.8) is 0 Å². The second-order valence-corrected chi connectivity index (χ2v) is 2.54. The van der Waals surface area contributed by atoms with E-state index in [1.165, 1.54) is 0 Å². The van der Waals surface area contributed by atoms with Gasteiger partial charge in [-0.3, -0.25) is 0 Å². The van der Waals surface area contributed by atoms with E-state index in [0.29, 0.717) is 13.1 Å². The third-order valence-electron chi connectivity index (χ3n) is 1.44. The van der Waals surface area contributed by atoms with Gasteiger partial charge in [0.25, 0.3) is 0 Å². The maximum Gasteiger partial charge on any atom is 0.312 e. The van der Waals surface area contributed by atoms with Gasteiger partial charge in [0, 0.05) is 26.7 Å². The summed E-state index contributed by atoms with van der Waals surface area (Å²) >= 11 is 0. The van der Waals surface area contributed by atoms with Gasteiger partial charge in [0.2, 0.25) is 0 Å². The van der Waals surface area contributed by atoms with Crippen molar-refractivity contribution >= 4 is 6.03 Å². The first-order valence-electron chi connectivity index (χ1n) is 3.93. The maximum atomic E-state index is 10.2. The number of nitrogens with two attached hydrogens (primary N) is 1. The van der Waals surface area contributed by atoms with E-state index in [9.17, 15) is 4.79 Å². The summed E-state index contributed by atoms with van der Waals surface area (Å²) in [5, 5.41) is 5.57. The third-order valence-corrected chi connectivity index (χ3v) is 1.44. The second kappa shape index (κ2) is 6.87. The molecule has 0 spiro atoms. The fourth-order valence-electron chi connectivity index (χ4n) is 0.663. The Kier molecular flexibility index (Phi) is 6.41. The predicted octanol–water partition coefficient (Wildman–Crippen LogP) is -0.721. The molecular weight excluding hydrogens is 158 g/mol. The number of urea groups is 1. The Labute approximate surface area is 72.6 Å². The minimum absolute atomic E-state index is 0.193. The maximum absolute atomic E-state index is 10.2. The van der Waals surface area contributed by atoms with E-state index >= 15 is 0 Å². The zero-order valence-electron chi connectivity index (χ0n) is 7.59. The van der Waals surface area contributed by atoms with E-state index in [1.54, 1.807) is 7.11 Å². The van der Waals surface area contributed by atoms with Crippen molar-refractivity contribution in [3.8, 4) is 0 Å². The molecule has 5 heteroatoms. The van der Waals surface area contributed by atoms with Crippen molar-refractivity contribution in [3.05, 3.63) is 0 Å². The summed E-state index contributed by atoms with van der Waals surface area (Å²) in [6, 6.07) is -0.489. The van der Waals surface area contributed by atoms with Gasteiger partial charge in [-0.1, -0.05) is 0 Å². The number of carbonyl (C=O) groups excluding carboxylic acids is 1. The van der Waals surface area contributed by atoms with Crippen LogP contribution in [0.25, 0.3) is 0 Å². The highest BCUT2D eigenvalue weighted by Gasteiger charge is 1.96. The topological polar surface area (TPSA) is 76.4 Å². The van der Waals surface area contributed by atoms with Crippen LogP contribution in [0.3, 0.4) is 0 Å². The molecule has 2 amide bonds. The molecule has 0 heterocycles. The summed E-state index contributed by atoms with van der Waals surface area (Å²) in [7, 11) is 1.66. The lowest BCUT2D eigenvalue weighted by atomic mass is 10.4. The van der Waals surface area contributed by atoms with Crippen LogP contribution < -0.4 is 16.4 Å². The first-order valence-corrected chi connectivity index (χ1v) is 3.93. The van der Waals surface area contributed by atoms with Crippen LogP contribution in [0.2, 0.25) is 0 Å². The molecule has 0 aromatic heterocycles. The van der Waals surface area contributed by atoms with Crippen LogP contribution in [0.1, 0.15) is 6.92 Å². The van der Waals surface area contributed by atoms with Crippen molar-refractivity contribution in [1.82, 2.24) is 10.6 Å². The first kappa shape index (κ1) is 11.2. The molecule has 0 aromatic rings. The second-order valence-electron chi connectivity index (χ2n) is 2.54. The minimum Gasteiger partial charge on any atom is -0.380 e. The molecule has 0 saturated heterocycles. The molecule has 0 aliphatic heterocycles. The Morgan fingerprint density at radius 2 is 2.25 bits per heavy atom. The van der Waals surface area contributed by atoms with E-state index < -0.39 is 6.03 Å². The van der Waals surface area contributed by atoms with Gasteiger partial charge in [0.05, 0.1) is 6.10 Å². The lowest BCUT2D eigenvalue weighted by Gasteiger charge is -2.10. The quantitative estimate of drug-likeness (QED) is 0.466. The van der Waals surface area contributed by atoms with Gasteiger partial charge in [-0.15, -0.1) is 0 Å². The van der Waals surface area contributed by atoms with Gasteiger partial charge in [0.15, 0.2) is 0 Å². The molecule has 0 saturated carbocycles. The van der Waals surface area contributed by atoms with Gasteiger partial charge >= 0.3 is 6.03 Å². The number of methoxy groups -OCH3 is 1. The summed E-state index contributed by atoms with van der Waals surface area (Å²) in [5.74, 6) is 0. The molecule has 5 nitrogen and oxygen atoms in total. The van der Waals surface area contributed by atoms with Gasteiger partial charge < -0.3 is 21.1 Å². The van der Waals surface area contributed by atoms with E-state index in [1.807, 2.05) is 6.92 Å². The molecule has 1 unspecified atom stereocenters. The molecule has 0 radical (unpaired) electrons. The number of hydrogen-bond donors (Lipinski definition) is 3. The Morgan fingerprint density at radius 1 is 1.58 bits per heavy atom. The molecule has 0 fully saturated rings. The van der Waals surface area contributed by atoms with Crippen LogP contribution >= 0.6 is 0 Å². The fraction of sp³-hybridized carbons (Fsp3) is 0.857. The van der Waals surface area contributed by atoms with Crippen LogP contribution in [-0.4, -0.2) is 38.9 Å². The molecule has 12 heavy (non-hydrogen) atoms. The molecule has 72 valence electrons. The third kappa shape index (κ3) is 7.30. The van der Waals surface area contributed by atoms with Crippen molar-refractivity contribution in [2.45, 2.75) is 13.0 Å². The monoisotopic (exact) mass is 175 g/mol. The number of hydrogen-bond acceptors (Lipinski definition) is 3. The standard InChI is InChI=1S/C7H17N3O2/c1-6(12-2)5-9-3-4-10-7(8)11/h6,9H,3-5H2,1-2H3,(H3,8,10,11). The number of carbonyl (C=O) groups is 1. The number of amides is 2. The summed E-state index contributed by atoms with van der Waals surface area (Å²) in [6.45, 7) is 3.99. The number of nitrogens with one attached hydrogen (secondary N) is 2. The molecule has 0 rings (SSSR count). The van der Waals surface area contributed by atoms with Crippen LogP contribution in [0.15, 0.2) is 0 Å². The Morgan fingerprint density at radius 3 is 2.75 bits per heavy atom. The summed E-state index contributed by atoms with van der Waals surface area (Å²) in [5.41, 5.74) is 4.86. The average molecular weight is 175 g/mol. The van der Waals surface area contributed by atoms with Gasteiger partial charge in [-0.25, -0.2) is 4.79 Å². The molecule has 4 N–H and O–H groups in total. The molecule has 0 aliphatic carbocycles. The summed E-state index contributed by atoms with van der Waals surface area (Å²) in [4.78, 5) is 10.2. The SMILES string of the molecule is COC(C)CNCCNC(N)=O. The van der Waals surface area contributed by atoms with Crippen LogP contribution in [0.4, 0.5) is 4.79 Å². The van der Waals surface area contributed by atoms with E-state index in [2.05, 4.69) is 10.6 Å². The normalized spacial score (nSPS) is 12.5. The number of rotatable bonds is 6. The summed E-state index contributed by atoms with van der Waals surface area (Å²) < 4.78 is 5.00. The molecular formula is C7H17N3O2. The van der Waals surface area contributed by atoms with Gasteiger partial charge in [-0.05, 0) is 6.92 Å².